The Labute approximate surface area is 93.9 Å². The van der Waals surface area contributed by atoms with Crippen molar-refractivity contribution in [2.24, 2.45) is 0 Å². The minimum absolute atomic E-state index is 0.638. The molecular formula is C13H14O3. The van der Waals surface area contributed by atoms with Crippen molar-refractivity contribution in [2.45, 2.75) is 19.3 Å². The third kappa shape index (κ3) is 2.32. The van der Waals surface area contributed by atoms with Gasteiger partial charge in [-0.2, -0.15) is 0 Å². The summed E-state index contributed by atoms with van der Waals surface area (Å²) in [6.07, 6.45) is -2.10. The van der Waals surface area contributed by atoms with Crippen LogP contribution in [0.25, 0.3) is 10.8 Å². The zero-order chi connectivity index (χ0) is 11.5. The first-order valence-electron chi connectivity index (χ1n) is 5.18. The van der Waals surface area contributed by atoms with Crippen LogP contribution in [-0.4, -0.2) is 22.6 Å². The number of rotatable bonds is 3. The van der Waals surface area contributed by atoms with Gasteiger partial charge in [0, 0.05) is 0 Å². The lowest BCUT2D eigenvalue weighted by atomic mass is 10.1. The molecule has 0 saturated heterocycles. The monoisotopic (exact) mass is 218 g/mol. The zero-order valence-electron chi connectivity index (χ0n) is 9.00. The van der Waals surface area contributed by atoms with E-state index < -0.39 is 12.4 Å². The highest BCUT2D eigenvalue weighted by Crippen LogP contribution is 2.21. The summed E-state index contributed by atoms with van der Waals surface area (Å²) in [5, 5.41) is 20.1. The molecule has 0 aliphatic heterocycles. The van der Waals surface area contributed by atoms with Gasteiger partial charge in [0.15, 0.2) is 6.29 Å². The van der Waals surface area contributed by atoms with Gasteiger partial charge in [-0.15, -0.1) is 0 Å². The van der Waals surface area contributed by atoms with Gasteiger partial charge in [0.05, 0.1) is 0 Å². The first-order valence-corrected chi connectivity index (χ1v) is 5.18. The van der Waals surface area contributed by atoms with Gasteiger partial charge >= 0.3 is 0 Å². The smallest absolute Gasteiger partial charge is 0.189 e. The van der Waals surface area contributed by atoms with Crippen LogP contribution in [0.2, 0.25) is 0 Å². The van der Waals surface area contributed by atoms with Crippen molar-refractivity contribution in [3.63, 3.8) is 0 Å². The molecule has 0 saturated carbocycles. The van der Waals surface area contributed by atoms with Crippen LogP contribution < -0.4 is 4.74 Å². The summed E-state index contributed by atoms with van der Waals surface area (Å²) in [6, 6.07) is 13.6. The summed E-state index contributed by atoms with van der Waals surface area (Å²) >= 11 is 0. The Balaban J connectivity index is 2.26. The molecule has 3 heteroatoms. The maximum atomic E-state index is 8.93. The summed E-state index contributed by atoms with van der Waals surface area (Å²) in [6.45, 7) is 1.61. The van der Waals surface area contributed by atoms with E-state index in [9.17, 15) is 0 Å². The van der Waals surface area contributed by atoms with E-state index in [4.69, 9.17) is 14.9 Å². The Morgan fingerprint density at radius 1 is 1.00 bits per heavy atom. The normalized spacial score (nSPS) is 13.0. The molecule has 2 rings (SSSR count). The topological polar surface area (TPSA) is 49.7 Å². The van der Waals surface area contributed by atoms with E-state index in [2.05, 4.69) is 0 Å². The molecule has 2 aromatic rings. The van der Waals surface area contributed by atoms with Crippen LogP contribution in [0.1, 0.15) is 6.92 Å². The van der Waals surface area contributed by atoms with Crippen molar-refractivity contribution < 1.29 is 14.9 Å². The van der Waals surface area contributed by atoms with Crippen LogP contribution in [0, 0.1) is 0 Å². The second-order valence-corrected chi connectivity index (χ2v) is 3.75. The average molecular weight is 218 g/mol. The van der Waals surface area contributed by atoms with Crippen molar-refractivity contribution in [1.29, 1.82) is 0 Å². The Morgan fingerprint density at radius 3 is 2.38 bits per heavy atom. The predicted molar refractivity (Wildman–Crippen MR) is 62.3 cm³/mol. The Hall–Kier alpha value is -1.58. The molecule has 0 radical (unpaired) electrons. The summed E-state index contributed by atoms with van der Waals surface area (Å²) in [5.74, 6) is 0.638. The molecule has 0 heterocycles. The van der Waals surface area contributed by atoms with E-state index in [0.717, 1.165) is 10.8 Å². The zero-order valence-corrected chi connectivity index (χ0v) is 9.00. The molecule has 0 aliphatic carbocycles. The molecule has 1 unspecified atom stereocenters. The largest absolute Gasteiger partial charge is 0.485 e. The van der Waals surface area contributed by atoms with Crippen molar-refractivity contribution >= 4 is 10.8 Å². The molecule has 0 fully saturated rings. The number of ether oxygens (including phenoxy) is 1. The number of hydrogen-bond acceptors (Lipinski definition) is 3. The Kier molecular flexibility index (Phi) is 3.08. The predicted octanol–water partition coefficient (Wildman–Crippen LogP) is 1.92. The van der Waals surface area contributed by atoms with Crippen molar-refractivity contribution in [3.8, 4) is 5.75 Å². The van der Waals surface area contributed by atoms with Gasteiger partial charge in [0.25, 0.3) is 0 Å². The molecule has 0 aromatic heterocycles. The molecular weight excluding hydrogens is 204 g/mol. The van der Waals surface area contributed by atoms with Crippen molar-refractivity contribution in [1.82, 2.24) is 0 Å². The van der Waals surface area contributed by atoms with Gasteiger partial charge in [0.2, 0.25) is 0 Å². The number of benzene rings is 2. The number of hydrogen-bond donors (Lipinski definition) is 2. The molecule has 0 spiro atoms. The maximum Gasteiger partial charge on any atom is 0.189 e. The fraction of sp³-hybridized carbons (Fsp3) is 0.231. The van der Waals surface area contributed by atoms with Crippen molar-refractivity contribution in [2.75, 3.05) is 0 Å². The molecule has 84 valence electrons. The lowest BCUT2D eigenvalue weighted by Crippen LogP contribution is -2.27. The van der Waals surface area contributed by atoms with E-state index in [1.165, 1.54) is 0 Å². The van der Waals surface area contributed by atoms with E-state index in [1.54, 1.807) is 6.92 Å². The maximum absolute atomic E-state index is 8.93. The third-order valence-electron chi connectivity index (χ3n) is 2.46. The highest BCUT2D eigenvalue weighted by molar-refractivity contribution is 5.83. The molecule has 1 atom stereocenters. The molecule has 3 nitrogen and oxygen atoms in total. The fourth-order valence-corrected chi connectivity index (χ4v) is 1.52. The van der Waals surface area contributed by atoms with Crippen molar-refractivity contribution in [3.05, 3.63) is 42.5 Å². The molecule has 0 aliphatic rings. The van der Waals surface area contributed by atoms with E-state index in [0.29, 0.717) is 5.75 Å². The van der Waals surface area contributed by atoms with Gasteiger partial charge in [-0.25, -0.2) is 0 Å². The van der Waals surface area contributed by atoms with Gasteiger partial charge < -0.3 is 14.9 Å². The quantitative estimate of drug-likeness (QED) is 0.774. The van der Waals surface area contributed by atoms with E-state index in [-0.39, 0.29) is 0 Å². The number of fused-ring (bicyclic) bond motifs is 1. The molecule has 2 aromatic carbocycles. The SMILES string of the molecule is CC(Oc1ccc2ccccc2c1)C(O)O. The summed E-state index contributed by atoms with van der Waals surface area (Å²) in [5.41, 5.74) is 0. The number of aliphatic hydroxyl groups is 2. The highest BCUT2D eigenvalue weighted by atomic mass is 16.6. The molecule has 0 bridgehead atoms. The molecule has 2 N–H and O–H groups in total. The van der Waals surface area contributed by atoms with Gasteiger partial charge in [0.1, 0.15) is 11.9 Å². The first kappa shape index (κ1) is 10.9. The van der Waals surface area contributed by atoms with Crippen LogP contribution in [0.3, 0.4) is 0 Å². The lowest BCUT2D eigenvalue weighted by molar-refractivity contribution is -0.105. The second kappa shape index (κ2) is 4.51. The van der Waals surface area contributed by atoms with Gasteiger partial charge in [-0.05, 0) is 29.8 Å². The number of aliphatic hydroxyl groups excluding tert-OH is 1. The summed E-state index contributed by atoms with van der Waals surface area (Å²) in [4.78, 5) is 0. The standard InChI is InChI=1S/C13H14O3/c1-9(13(14)15)16-12-7-6-10-4-2-3-5-11(10)8-12/h2-9,13-15H,1H3. The van der Waals surface area contributed by atoms with Crippen LogP contribution in [-0.2, 0) is 0 Å². The van der Waals surface area contributed by atoms with Crippen LogP contribution >= 0.6 is 0 Å². The van der Waals surface area contributed by atoms with Crippen LogP contribution in [0.15, 0.2) is 42.5 Å². The Bertz CT molecular complexity index is 479. The highest BCUT2D eigenvalue weighted by Gasteiger charge is 2.11. The lowest BCUT2D eigenvalue weighted by Gasteiger charge is -2.16. The average Bonchev–Trinajstić information content (AvgIpc) is 2.28. The second-order valence-electron chi connectivity index (χ2n) is 3.75. The minimum Gasteiger partial charge on any atom is -0.485 e. The van der Waals surface area contributed by atoms with Gasteiger partial charge in [-0.3, -0.25) is 0 Å². The Morgan fingerprint density at radius 2 is 1.69 bits per heavy atom. The van der Waals surface area contributed by atoms with E-state index in [1.807, 2.05) is 42.5 Å². The van der Waals surface area contributed by atoms with Crippen LogP contribution in [0.4, 0.5) is 0 Å². The minimum atomic E-state index is -1.47. The molecule has 0 amide bonds. The van der Waals surface area contributed by atoms with E-state index >= 15 is 0 Å². The van der Waals surface area contributed by atoms with Gasteiger partial charge in [-0.1, -0.05) is 30.3 Å². The fourth-order valence-electron chi connectivity index (χ4n) is 1.52. The first-order chi connectivity index (χ1) is 7.66. The summed E-state index contributed by atoms with van der Waals surface area (Å²) in [7, 11) is 0. The molecule has 16 heavy (non-hydrogen) atoms. The van der Waals surface area contributed by atoms with Crippen LogP contribution in [0.5, 0.6) is 5.75 Å². The summed E-state index contributed by atoms with van der Waals surface area (Å²) < 4.78 is 5.38. The third-order valence-corrected chi connectivity index (χ3v) is 2.46.